The lowest BCUT2D eigenvalue weighted by molar-refractivity contribution is 0.0713. The first-order chi connectivity index (χ1) is 8.72. The predicted octanol–water partition coefficient (Wildman–Crippen LogP) is 1.51. The number of amides is 1. The van der Waals surface area contributed by atoms with Crippen molar-refractivity contribution in [3.63, 3.8) is 0 Å². The summed E-state index contributed by atoms with van der Waals surface area (Å²) >= 11 is 0. The normalized spacial score (nSPS) is 10.1. The summed E-state index contributed by atoms with van der Waals surface area (Å²) in [6.07, 6.45) is 3.07. The summed E-state index contributed by atoms with van der Waals surface area (Å²) < 4.78 is 0. The van der Waals surface area contributed by atoms with E-state index in [1.807, 2.05) is 6.07 Å². The Hall–Kier alpha value is -1.80. The van der Waals surface area contributed by atoms with Crippen LogP contribution in [0, 0.1) is 11.3 Å². The highest BCUT2D eigenvalue weighted by Gasteiger charge is 2.16. The number of hydrogen-bond donors (Lipinski definition) is 2. The Morgan fingerprint density at radius 3 is 2.78 bits per heavy atom. The molecule has 1 rings (SSSR count). The minimum atomic E-state index is -0.165. The second-order valence-corrected chi connectivity index (χ2v) is 4.12. The molecule has 0 aliphatic heterocycles. The zero-order valence-electron chi connectivity index (χ0n) is 10.6. The molecule has 98 valence electrons. The van der Waals surface area contributed by atoms with Gasteiger partial charge in [-0.05, 0) is 18.6 Å². The van der Waals surface area contributed by atoms with Crippen molar-refractivity contribution < 1.29 is 9.90 Å². The van der Waals surface area contributed by atoms with Crippen molar-refractivity contribution in [1.82, 2.24) is 9.88 Å². The summed E-state index contributed by atoms with van der Waals surface area (Å²) in [4.78, 5) is 16.5. The Labute approximate surface area is 107 Å². The second-order valence-electron chi connectivity index (χ2n) is 4.12. The molecule has 18 heavy (non-hydrogen) atoms. The number of unbranched alkanes of at least 4 members (excludes halogenated alkanes) is 2. The van der Waals surface area contributed by atoms with Crippen molar-refractivity contribution in [3.8, 4) is 6.07 Å². The summed E-state index contributed by atoms with van der Waals surface area (Å²) in [6.45, 7) is 3.00. The predicted molar refractivity (Wildman–Crippen MR) is 68.0 cm³/mol. The summed E-state index contributed by atoms with van der Waals surface area (Å²) in [5.41, 5.74) is 0.771. The number of H-pyrrole nitrogens is 1. The Balaban J connectivity index is 2.66. The maximum absolute atomic E-state index is 12.1. The number of nitrogens with one attached hydrogen (secondary N) is 1. The van der Waals surface area contributed by atoms with Gasteiger partial charge in [0.1, 0.15) is 17.5 Å². The summed E-state index contributed by atoms with van der Waals surface area (Å²) in [6, 6.07) is 5.13. The molecule has 0 atom stereocenters. The molecule has 5 nitrogen and oxygen atoms in total. The van der Waals surface area contributed by atoms with Crippen LogP contribution in [-0.4, -0.2) is 40.6 Å². The van der Waals surface area contributed by atoms with E-state index in [-0.39, 0.29) is 12.5 Å². The van der Waals surface area contributed by atoms with Crippen LogP contribution in [0.2, 0.25) is 0 Å². The second kappa shape index (κ2) is 7.51. The van der Waals surface area contributed by atoms with Crippen LogP contribution >= 0.6 is 0 Å². The molecule has 0 aliphatic rings. The van der Waals surface area contributed by atoms with Gasteiger partial charge in [-0.15, -0.1) is 0 Å². The highest BCUT2D eigenvalue weighted by Crippen LogP contribution is 2.07. The highest BCUT2D eigenvalue weighted by molar-refractivity contribution is 5.92. The van der Waals surface area contributed by atoms with Crippen molar-refractivity contribution in [2.24, 2.45) is 0 Å². The van der Waals surface area contributed by atoms with Crippen LogP contribution in [0.5, 0.6) is 0 Å². The molecule has 0 aliphatic carbocycles. The third-order valence-electron chi connectivity index (χ3n) is 2.73. The van der Waals surface area contributed by atoms with Crippen LogP contribution in [0.4, 0.5) is 0 Å². The molecule has 1 amide bonds. The molecule has 0 aromatic carbocycles. The number of nitriles is 1. The molecule has 0 fully saturated rings. The van der Waals surface area contributed by atoms with Crippen molar-refractivity contribution in [2.75, 3.05) is 19.7 Å². The van der Waals surface area contributed by atoms with E-state index in [4.69, 9.17) is 10.4 Å². The molecule has 5 heteroatoms. The molecule has 0 unspecified atom stereocenters. The smallest absolute Gasteiger partial charge is 0.270 e. The zero-order chi connectivity index (χ0) is 13.4. The molecule has 0 spiro atoms. The number of hydrogen-bond acceptors (Lipinski definition) is 3. The van der Waals surface area contributed by atoms with Gasteiger partial charge in [0.15, 0.2) is 0 Å². The molecule has 1 aromatic heterocycles. The molecular weight excluding hydrogens is 230 g/mol. The van der Waals surface area contributed by atoms with Crippen LogP contribution in [0.3, 0.4) is 0 Å². The monoisotopic (exact) mass is 249 g/mol. The fourth-order valence-corrected chi connectivity index (χ4v) is 1.74. The highest BCUT2D eigenvalue weighted by atomic mass is 16.3. The number of nitrogens with zero attached hydrogens (tertiary/aromatic N) is 2. The van der Waals surface area contributed by atoms with Gasteiger partial charge in [-0.2, -0.15) is 5.26 Å². The molecule has 0 saturated heterocycles. The van der Waals surface area contributed by atoms with Gasteiger partial charge in [-0.1, -0.05) is 19.8 Å². The van der Waals surface area contributed by atoms with E-state index in [0.717, 1.165) is 19.3 Å². The van der Waals surface area contributed by atoms with Gasteiger partial charge in [0, 0.05) is 13.1 Å². The first-order valence-corrected chi connectivity index (χ1v) is 6.22. The third-order valence-corrected chi connectivity index (χ3v) is 2.73. The van der Waals surface area contributed by atoms with E-state index in [2.05, 4.69) is 11.9 Å². The van der Waals surface area contributed by atoms with E-state index in [0.29, 0.717) is 24.5 Å². The lowest BCUT2D eigenvalue weighted by Gasteiger charge is -2.20. The Morgan fingerprint density at radius 1 is 1.44 bits per heavy atom. The maximum atomic E-state index is 12.1. The third kappa shape index (κ3) is 3.90. The van der Waals surface area contributed by atoms with Crippen LogP contribution in [-0.2, 0) is 0 Å². The molecule has 2 N–H and O–H groups in total. The fourth-order valence-electron chi connectivity index (χ4n) is 1.74. The fraction of sp³-hybridized carbons (Fsp3) is 0.538. The summed E-state index contributed by atoms with van der Waals surface area (Å²) in [7, 11) is 0. The lowest BCUT2D eigenvalue weighted by Crippen LogP contribution is -2.34. The first-order valence-electron chi connectivity index (χ1n) is 6.22. The van der Waals surface area contributed by atoms with E-state index in [9.17, 15) is 4.79 Å². The summed E-state index contributed by atoms with van der Waals surface area (Å²) in [5, 5.41) is 17.7. The van der Waals surface area contributed by atoms with Crippen molar-refractivity contribution in [3.05, 3.63) is 23.5 Å². The SMILES string of the molecule is CCCCCN(CCO)C(=O)c1ccc(C#N)[nH]1. The van der Waals surface area contributed by atoms with Gasteiger partial charge < -0.3 is 15.0 Å². The van der Waals surface area contributed by atoms with Gasteiger partial charge in [0.05, 0.1) is 6.61 Å². The van der Waals surface area contributed by atoms with E-state index in [1.165, 1.54) is 0 Å². The van der Waals surface area contributed by atoms with Crippen LogP contribution in [0.15, 0.2) is 12.1 Å². The van der Waals surface area contributed by atoms with Crippen molar-refractivity contribution in [2.45, 2.75) is 26.2 Å². The van der Waals surface area contributed by atoms with Gasteiger partial charge in [-0.3, -0.25) is 4.79 Å². The number of aliphatic hydroxyl groups is 1. The van der Waals surface area contributed by atoms with Gasteiger partial charge in [0.25, 0.3) is 5.91 Å². The lowest BCUT2D eigenvalue weighted by atomic mass is 10.2. The molecular formula is C13H19N3O2. The van der Waals surface area contributed by atoms with E-state index >= 15 is 0 Å². The number of aromatic amines is 1. The Kier molecular flexibility index (Phi) is 5.95. The van der Waals surface area contributed by atoms with E-state index < -0.39 is 0 Å². The quantitative estimate of drug-likeness (QED) is 0.719. The average Bonchev–Trinajstić information content (AvgIpc) is 2.86. The largest absolute Gasteiger partial charge is 0.395 e. The zero-order valence-corrected chi connectivity index (χ0v) is 10.6. The van der Waals surface area contributed by atoms with Crippen LogP contribution < -0.4 is 0 Å². The van der Waals surface area contributed by atoms with Crippen LogP contribution in [0.1, 0.15) is 42.4 Å². The number of aromatic nitrogens is 1. The Morgan fingerprint density at radius 2 is 2.22 bits per heavy atom. The first kappa shape index (κ1) is 14.3. The van der Waals surface area contributed by atoms with Gasteiger partial charge in [-0.25, -0.2) is 0 Å². The van der Waals surface area contributed by atoms with E-state index in [1.54, 1.807) is 17.0 Å². The molecule has 0 radical (unpaired) electrons. The topological polar surface area (TPSA) is 80.1 Å². The summed E-state index contributed by atoms with van der Waals surface area (Å²) in [5.74, 6) is -0.165. The minimum absolute atomic E-state index is 0.0519. The van der Waals surface area contributed by atoms with Crippen molar-refractivity contribution in [1.29, 1.82) is 5.26 Å². The van der Waals surface area contributed by atoms with Crippen LogP contribution in [0.25, 0.3) is 0 Å². The molecule has 1 heterocycles. The molecule has 1 aromatic rings. The van der Waals surface area contributed by atoms with Crippen molar-refractivity contribution >= 4 is 5.91 Å². The maximum Gasteiger partial charge on any atom is 0.270 e. The number of rotatable bonds is 7. The number of carbonyl (C=O) groups is 1. The molecule has 0 bridgehead atoms. The molecule has 0 saturated carbocycles. The minimum Gasteiger partial charge on any atom is -0.395 e. The standard InChI is InChI=1S/C13H19N3O2/c1-2-3-4-7-16(8-9-17)13(18)12-6-5-11(10-14)15-12/h5-6,15,17H,2-4,7-9H2,1H3. The number of aliphatic hydroxyl groups excluding tert-OH is 1. The number of carbonyl (C=O) groups excluding carboxylic acids is 1. The van der Waals surface area contributed by atoms with Gasteiger partial charge in [0.2, 0.25) is 0 Å². The van der Waals surface area contributed by atoms with Gasteiger partial charge >= 0.3 is 0 Å². The average molecular weight is 249 g/mol. The Bertz CT molecular complexity index is 420.